The van der Waals surface area contributed by atoms with Crippen molar-refractivity contribution in [3.8, 4) is 0 Å². The number of carbonyl (C=O) groups is 4. The molecule has 0 unspecified atom stereocenters. The number of hydrogen-bond donors (Lipinski definition) is 0. The van der Waals surface area contributed by atoms with E-state index in [1.165, 1.54) is 4.90 Å². The molecule has 0 aromatic heterocycles. The van der Waals surface area contributed by atoms with Gasteiger partial charge >= 0.3 is 0 Å². The average Bonchev–Trinajstić information content (AvgIpc) is 2.77. The van der Waals surface area contributed by atoms with Crippen LogP contribution in [-0.4, -0.2) is 23.4 Å². The normalized spacial score (nSPS) is 32.7. The first-order valence-corrected chi connectivity index (χ1v) is 7.90. The van der Waals surface area contributed by atoms with E-state index in [2.05, 4.69) is 0 Å². The molecule has 3 aliphatic carbocycles. The van der Waals surface area contributed by atoms with E-state index in [0.717, 1.165) is 11.1 Å². The van der Waals surface area contributed by atoms with Gasteiger partial charge in [0.2, 0.25) is 11.8 Å². The second-order valence-corrected chi connectivity index (χ2v) is 6.89. The number of anilines is 1. The van der Waals surface area contributed by atoms with Gasteiger partial charge in [0, 0.05) is 24.7 Å². The lowest BCUT2D eigenvalue weighted by molar-refractivity contribution is -0.153. The first-order valence-electron chi connectivity index (χ1n) is 7.90. The quantitative estimate of drug-likeness (QED) is 0.738. The van der Waals surface area contributed by atoms with Crippen LogP contribution in [0.2, 0.25) is 0 Å². The van der Waals surface area contributed by atoms with Gasteiger partial charge in [-0.15, -0.1) is 0 Å². The van der Waals surface area contributed by atoms with E-state index >= 15 is 0 Å². The van der Waals surface area contributed by atoms with Crippen molar-refractivity contribution in [3.63, 3.8) is 0 Å². The standard InChI is InChI=1S/C18H17NO4/c1-8-3-4-10(5-9(8)2)19-17(22)15-11-6-13(20)12(7-14(11)21)16(15)18(19)23/h3-5,11-12,15-16H,6-7H2,1-2H3/t11-,12+,15-,16+. The number of amides is 2. The number of nitrogens with zero attached hydrogens (tertiary/aromatic N) is 1. The summed E-state index contributed by atoms with van der Waals surface area (Å²) < 4.78 is 0. The monoisotopic (exact) mass is 311 g/mol. The van der Waals surface area contributed by atoms with Crippen molar-refractivity contribution in [1.29, 1.82) is 0 Å². The Morgan fingerprint density at radius 2 is 1.35 bits per heavy atom. The van der Waals surface area contributed by atoms with Crippen molar-refractivity contribution in [2.24, 2.45) is 23.7 Å². The number of hydrogen-bond acceptors (Lipinski definition) is 4. The molecule has 0 radical (unpaired) electrons. The van der Waals surface area contributed by atoms with E-state index < -0.39 is 23.7 Å². The third-order valence-electron chi connectivity index (χ3n) is 5.68. The lowest BCUT2D eigenvalue weighted by Gasteiger charge is -2.40. The zero-order valence-electron chi connectivity index (χ0n) is 13.0. The molecule has 1 aromatic rings. The highest BCUT2D eigenvalue weighted by Crippen LogP contribution is 2.50. The lowest BCUT2D eigenvalue weighted by atomic mass is 9.58. The van der Waals surface area contributed by atoms with Crippen LogP contribution in [-0.2, 0) is 19.2 Å². The van der Waals surface area contributed by atoms with Crippen molar-refractivity contribution in [3.05, 3.63) is 29.3 Å². The average molecular weight is 311 g/mol. The molecule has 1 saturated heterocycles. The lowest BCUT2D eigenvalue weighted by Crippen LogP contribution is -2.51. The predicted octanol–water partition coefficient (Wildman–Crippen LogP) is 1.59. The minimum atomic E-state index is -0.645. The van der Waals surface area contributed by atoms with Gasteiger partial charge in [-0.1, -0.05) is 6.07 Å². The molecule has 2 amide bonds. The number of carbonyl (C=O) groups excluding carboxylic acids is 4. The van der Waals surface area contributed by atoms with Crippen LogP contribution in [0.15, 0.2) is 18.2 Å². The highest BCUT2D eigenvalue weighted by Gasteiger charge is 2.63. The molecule has 1 aromatic carbocycles. The fourth-order valence-electron chi connectivity index (χ4n) is 4.30. The van der Waals surface area contributed by atoms with Crippen molar-refractivity contribution < 1.29 is 19.2 Å². The van der Waals surface area contributed by atoms with Gasteiger partial charge in [-0.25, -0.2) is 0 Å². The molecule has 3 saturated carbocycles. The van der Waals surface area contributed by atoms with Gasteiger partial charge in [-0.3, -0.25) is 24.1 Å². The molecule has 1 heterocycles. The number of aryl methyl sites for hydroxylation is 2. The summed E-state index contributed by atoms with van der Waals surface area (Å²) in [5, 5.41) is 0. The van der Waals surface area contributed by atoms with Gasteiger partial charge in [0.15, 0.2) is 0 Å². The molecular formula is C18H17NO4. The minimum Gasteiger partial charge on any atom is -0.299 e. The number of ketones is 2. The number of benzene rings is 1. The Hall–Kier alpha value is -2.30. The molecular weight excluding hydrogens is 294 g/mol. The van der Waals surface area contributed by atoms with E-state index in [1.807, 2.05) is 26.0 Å². The number of Topliss-reactive ketones (excluding diaryl/α,β-unsaturated/α-hetero) is 2. The SMILES string of the molecule is Cc1ccc(N2C(=O)[C@@H]3[C@H](C2=O)[C@@H]2CC(=O)[C@@H]3CC2=O)cc1C. The van der Waals surface area contributed by atoms with Gasteiger partial charge in [-0.05, 0) is 37.1 Å². The van der Waals surface area contributed by atoms with E-state index in [1.54, 1.807) is 6.07 Å². The highest BCUT2D eigenvalue weighted by molar-refractivity contribution is 6.25. The van der Waals surface area contributed by atoms with Gasteiger partial charge < -0.3 is 0 Å². The zero-order chi connectivity index (χ0) is 16.5. The second kappa shape index (κ2) is 4.60. The van der Waals surface area contributed by atoms with Gasteiger partial charge in [0.05, 0.1) is 17.5 Å². The Bertz CT molecular complexity index is 741. The van der Waals surface area contributed by atoms with E-state index in [4.69, 9.17) is 0 Å². The maximum absolute atomic E-state index is 12.8. The summed E-state index contributed by atoms with van der Waals surface area (Å²) >= 11 is 0. The summed E-state index contributed by atoms with van der Waals surface area (Å²) in [5.41, 5.74) is 2.61. The maximum Gasteiger partial charge on any atom is 0.238 e. The largest absolute Gasteiger partial charge is 0.299 e. The van der Waals surface area contributed by atoms with Crippen LogP contribution >= 0.6 is 0 Å². The summed E-state index contributed by atoms with van der Waals surface area (Å²) in [6.07, 6.45) is 0.231. The highest BCUT2D eigenvalue weighted by atomic mass is 16.2. The zero-order valence-corrected chi connectivity index (χ0v) is 13.0. The fraction of sp³-hybridized carbons (Fsp3) is 0.444. The summed E-state index contributed by atoms with van der Waals surface area (Å²) in [5.74, 6) is -3.23. The molecule has 5 nitrogen and oxygen atoms in total. The van der Waals surface area contributed by atoms with Crippen molar-refractivity contribution in [1.82, 2.24) is 0 Å². The van der Waals surface area contributed by atoms with Crippen LogP contribution in [0, 0.1) is 37.5 Å². The first kappa shape index (κ1) is 14.3. The van der Waals surface area contributed by atoms with Crippen LogP contribution < -0.4 is 4.90 Å². The van der Waals surface area contributed by atoms with Crippen molar-refractivity contribution >= 4 is 29.1 Å². The molecule has 4 aliphatic rings. The molecule has 5 rings (SSSR count). The van der Waals surface area contributed by atoms with Crippen LogP contribution in [0.4, 0.5) is 5.69 Å². The van der Waals surface area contributed by atoms with Crippen LogP contribution in [0.25, 0.3) is 0 Å². The van der Waals surface area contributed by atoms with Crippen molar-refractivity contribution in [2.75, 3.05) is 4.90 Å². The molecule has 23 heavy (non-hydrogen) atoms. The summed E-state index contributed by atoms with van der Waals surface area (Å²) in [7, 11) is 0. The Balaban J connectivity index is 1.79. The molecule has 0 N–H and O–H groups in total. The van der Waals surface area contributed by atoms with E-state index in [9.17, 15) is 19.2 Å². The molecule has 0 spiro atoms. The molecule has 4 fully saturated rings. The Morgan fingerprint density at radius 1 is 0.826 bits per heavy atom. The molecule has 2 bridgehead atoms. The number of imide groups is 1. The van der Waals surface area contributed by atoms with Gasteiger partial charge in [0.1, 0.15) is 11.6 Å². The minimum absolute atomic E-state index is 0.0427. The van der Waals surface area contributed by atoms with Crippen LogP contribution in [0.5, 0.6) is 0 Å². The smallest absolute Gasteiger partial charge is 0.238 e. The van der Waals surface area contributed by atoms with Gasteiger partial charge in [-0.2, -0.15) is 0 Å². The molecule has 5 heteroatoms. The number of fused-ring (bicyclic) bond motifs is 2. The molecule has 118 valence electrons. The third kappa shape index (κ3) is 1.79. The van der Waals surface area contributed by atoms with Crippen molar-refractivity contribution in [2.45, 2.75) is 26.7 Å². The Labute approximate surface area is 133 Å². The summed E-state index contributed by atoms with van der Waals surface area (Å²) in [4.78, 5) is 51.1. The van der Waals surface area contributed by atoms with Gasteiger partial charge in [0.25, 0.3) is 0 Å². The molecule has 4 atom stereocenters. The first-order chi connectivity index (χ1) is 10.9. The third-order valence-corrected chi connectivity index (χ3v) is 5.68. The predicted molar refractivity (Wildman–Crippen MR) is 81.6 cm³/mol. The Kier molecular flexibility index (Phi) is 2.86. The number of rotatable bonds is 1. The topological polar surface area (TPSA) is 71.5 Å². The van der Waals surface area contributed by atoms with E-state index in [-0.39, 0.29) is 36.2 Å². The molecule has 1 aliphatic heterocycles. The maximum atomic E-state index is 12.8. The second-order valence-electron chi connectivity index (χ2n) is 6.89. The fourth-order valence-corrected chi connectivity index (χ4v) is 4.30. The van der Waals surface area contributed by atoms with E-state index in [0.29, 0.717) is 5.69 Å². The Morgan fingerprint density at radius 3 is 1.83 bits per heavy atom. The summed E-state index contributed by atoms with van der Waals surface area (Å²) in [6, 6.07) is 5.44. The van der Waals surface area contributed by atoms with Crippen LogP contribution in [0.3, 0.4) is 0 Å². The summed E-state index contributed by atoms with van der Waals surface area (Å²) in [6.45, 7) is 3.89. The van der Waals surface area contributed by atoms with Crippen LogP contribution in [0.1, 0.15) is 24.0 Å².